The molecule has 1 saturated heterocycles. The van der Waals surface area contributed by atoms with Crippen LogP contribution in [0.3, 0.4) is 0 Å². The molecule has 150 heavy (non-hydrogen) atoms. The van der Waals surface area contributed by atoms with E-state index in [1.807, 2.05) is 0 Å². The van der Waals surface area contributed by atoms with Crippen molar-refractivity contribution in [3.63, 3.8) is 0 Å². The summed E-state index contributed by atoms with van der Waals surface area (Å²) in [6, 6.07) is 51.2. The summed E-state index contributed by atoms with van der Waals surface area (Å²) in [5, 5.41) is 36.4. The molecule has 1 fully saturated rings. The maximum atomic E-state index is 15.1. The van der Waals surface area contributed by atoms with Crippen LogP contribution in [0.4, 0.5) is 75.6 Å². The number of aliphatic hydroxyl groups is 1. The van der Waals surface area contributed by atoms with Crippen LogP contribution in [-0.2, 0) is 87.5 Å². The van der Waals surface area contributed by atoms with Crippen LogP contribution >= 0.6 is 39.1 Å². The number of nitrogen functional groups attached to an aromatic ring is 2. The lowest BCUT2D eigenvalue weighted by atomic mass is 10.2. The number of amides is 11. The minimum atomic E-state index is -6.53. The van der Waals surface area contributed by atoms with E-state index >= 15 is 4.79 Å². The Hall–Kier alpha value is -16.4. The number of rotatable bonds is 46. The Morgan fingerprint density at radius 2 is 0.613 bits per heavy atom. The maximum Gasteiger partial charge on any atom is 0.473 e. The molecule has 0 bridgehead atoms. The van der Waals surface area contributed by atoms with Gasteiger partial charge in [0.05, 0.1) is 70.3 Å². The summed E-state index contributed by atoms with van der Waals surface area (Å²) in [4.78, 5) is 266. The number of phosphoric acid groups is 5. The number of hydrogen-bond donors (Lipinski definition) is 20. The summed E-state index contributed by atoms with van der Waals surface area (Å²) in [7, 11) is -31.0. The van der Waals surface area contributed by atoms with E-state index in [9.17, 15) is 105 Å². The van der Waals surface area contributed by atoms with Gasteiger partial charge in [0.25, 0.3) is 65.0 Å². The second kappa shape index (κ2) is 49.4. The molecule has 0 saturated carbocycles. The van der Waals surface area contributed by atoms with Crippen molar-refractivity contribution in [1.82, 2.24) is 59.4 Å². The number of aromatic nitrogens is 12. The predicted molar refractivity (Wildman–Crippen MR) is 523 cm³/mol. The van der Waals surface area contributed by atoms with Crippen LogP contribution in [0.5, 0.6) is 0 Å². The molecular weight excluding hydrogens is 2080 g/mol. The van der Waals surface area contributed by atoms with Gasteiger partial charge in [0.2, 0.25) is 23.8 Å². The van der Waals surface area contributed by atoms with Gasteiger partial charge in [-0.3, -0.25) is 119 Å². The third-order valence-electron chi connectivity index (χ3n) is 20.1. The summed E-state index contributed by atoms with van der Waals surface area (Å²) in [5.74, 6) is -18.2. The molecule has 6 aromatic heterocycles. The van der Waals surface area contributed by atoms with E-state index in [1.165, 1.54) is 187 Å². The molecule has 7 aromatic carbocycles. The minimum absolute atomic E-state index is 0.0268. The monoisotopic (exact) mass is 2160 g/mol. The molecule has 14 rings (SSSR count). The number of benzene rings is 7. The Morgan fingerprint density at radius 1 is 0.340 bits per heavy atom. The Bertz CT molecular complexity index is 7440. The van der Waals surface area contributed by atoms with Crippen molar-refractivity contribution in [1.29, 1.82) is 0 Å². The number of ether oxygens (including phenoxy) is 1. The average molecular weight is 2160 g/mol. The number of nitrogens with zero attached hydrogens (tertiary/aromatic N) is 12. The van der Waals surface area contributed by atoms with Crippen molar-refractivity contribution in [2.24, 2.45) is 0 Å². The van der Waals surface area contributed by atoms with Gasteiger partial charge in [-0.2, -0.15) is 19.9 Å². The van der Waals surface area contributed by atoms with Crippen LogP contribution in [0, 0.1) is 0 Å². The first-order valence-electron chi connectivity index (χ1n) is 43.2. The molecule has 0 aliphatic carbocycles. The lowest BCUT2D eigenvalue weighted by molar-refractivity contribution is -0.128. The molecule has 1 aliphatic heterocycles. The van der Waals surface area contributed by atoms with E-state index in [2.05, 4.69) is 118 Å². The number of hydrogen-bond acceptors (Lipinski definition) is 40. The molecule has 4 unspecified atom stereocenters. The Labute approximate surface area is 842 Å². The summed E-state index contributed by atoms with van der Waals surface area (Å²) >= 11 is 0. The first kappa shape index (κ1) is 109. The van der Waals surface area contributed by atoms with Gasteiger partial charge in [-0.25, -0.2) is 57.7 Å². The molecule has 11 atom stereocenters. The van der Waals surface area contributed by atoms with E-state index < -0.39 is 250 Å². The quantitative estimate of drug-likeness (QED) is 0.0167. The van der Waals surface area contributed by atoms with Crippen molar-refractivity contribution >= 4 is 191 Å². The fraction of sp³-hybridized carbons (Fsp3) is 0.149. The Kier molecular flexibility index (Phi) is 36.0. The Morgan fingerprint density at radius 3 is 0.913 bits per heavy atom. The number of phosphoric ester groups is 5. The predicted octanol–water partition coefficient (Wildman–Crippen LogP) is 7.24. The molecule has 58 nitrogen and oxygen atoms in total. The van der Waals surface area contributed by atoms with E-state index in [4.69, 9.17) is 52.4 Å². The van der Waals surface area contributed by atoms with Crippen LogP contribution in [0.1, 0.15) is 85.2 Å². The molecule has 63 heteroatoms. The Balaban J connectivity index is 0.775. The highest BCUT2D eigenvalue weighted by molar-refractivity contribution is 7.48. The number of nitrogens with one attached hydrogen (secondary N) is 11. The first-order valence-corrected chi connectivity index (χ1v) is 50.7. The number of nitrogens with two attached hydrogens (primary N) is 2. The maximum absolute atomic E-state index is 15.1. The van der Waals surface area contributed by atoms with Crippen LogP contribution in [0.15, 0.2) is 250 Å². The van der Waals surface area contributed by atoms with Gasteiger partial charge in [-0.15, -0.1) is 0 Å². The van der Waals surface area contributed by atoms with E-state index in [0.717, 1.165) is 24.9 Å². The van der Waals surface area contributed by atoms with Crippen molar-refractivity contribution in [3.05, 3.63) is 289 Å². The van der Waals surface area contributed by atoms with Crippen molar-refractivity contribution in [3.8, 4) is 0 Å². The zero-order valence-corrected chi connectivity index (χ0v) is 80.9. The topological polar surface area (TPSA) is 838 Å². The van der Waals surface area contributed by atoms with Crippen molar-refractivity contribution in [2.75, 3.05) is 103 Å². The summed E-state index contributed by atoms with van der Waals surface area (Å²) < 4.78 is 124. The van der Waals surface area contributed by atoms with Crippen LogP contribution < -0.4 is 70.0 Å². The fourth-order valence-electron chi connectivity index (χ4n) is 13.0. The molecule has 7 heterocycles. The van der Waals surface area contributed by atoms with Gasteiger partial charge >= 0.3 is 39.1 Å². The largest absolute Gasteiger partial charge is 0.473 e. The van der Waals surface area contributed by atoms with Gasteiger partial charge in [0.15, 0.2) is 59.2 Å². The lowest BCUT2D eigenvalue weighted by Gasteiger charge is -2.25. The highest BCUT2D eigenvalue weighted by Crippen LogP contribution is 2.53. The molecule has 11 amide bonds. The summed E-state index contributed by atoms with van der Waals surface area (Å²) in [6.45, 7) is -8.65. The van der Waals surface area contributed by atoms with Gasteiger partial charge in [-0.05, 0) is 84.9 Å². The van der Waals surface area contributed by atoms with Crippen molar-refractivity contribution in [2.45, 2.75) is 49.3 Å². The van der Waals surface area contributed by atoms with Crippen LogP contribution in [0.25, 0.3) is 11.2 Å². The first-order chi connectivity index (χ1) is 71.6. The fourth-order valence-corrected chi connectivity index (χ4v) is 16.8. The van der Waals surface area contributed by atoms with Crippen LogP contribution in [0.2, 0.25) is 0 Å². The summed E-state index contributed by atoms with van der Waals surface area (Å²) in [5.41, 5.74) is 9.87. The molecule has 778 valence electrons. The molecule has 1 aliphatic rings. The number of anilines is 13. The van der Waals surface area contributed by atoms with E-state index in [0.29, 0.717) is 6.20 Å². The highest BCUT2D eigenvalue weighted by atomic mass is 31.2. The number of carbonyl (C=O) groups is 11. The van der Waals surface area contributed by atoms with Gasteiger partial charge in [0, 0.05) is 45.4 Å². The number of carbonyl (C=O) groups excluding carboxylic acids is 11. The minimum Gasteiger partial charge on any atom is -0.390 e. The molecular formula is C87H82N25O33P5. The third kappa shape index (κ3) is 31.1. The van der Waals surface area contributed by atoms with Crippen LogP contribution in [-0.4, -0.2) is 228 Å². The lowest BCUT2D eigenvalue weighted by Crippen LogP contribution is -2.37. The molecule has 0 radical (unpaired) electrons. The molecule has 13 aromatic rings. The highest BCUT2D eigenvalue weighted by Gasteiger charge is 2.45. The van der Waals surface area contributed by atoms with Gasteiger partial charge in [0.1, 0.15) is 46.9 Å². The van der Waals surface area contributed by atoms with Crippen molar-refractivity contribution < 1.29 is 155 Å². The smallest absolute Gasteiger partial charge is 0.390 e. The number of aliphatic hydroxyl groups excluding tert-OH is 1. The standard InChI is InChI=1S/C87H82N25O33P5/c88-67-55(37-90-84(101-67)108-76(117)51-28-14-4-15-29-51)97-80(121)62(143-149(132,133)140-44-63(144-147(128,129)137-41-60-59(113)36-65(141-60)112-47-96-66-68(89)94-46-95-72(66)112)82(123)99-57-39-92-86(110-78(119)53-32-18-6-19-33-53)106-70(57)103-74(115)49-24-10-2-11-25-49)43-138-150(134,135)145-64(83(124)100-58-40-93-87(111-79(120)54-34-20-7-21-35-54)107-71(58)104-75(116)50-26-12-3-13-27-50)45-139-148(130,131)142-61(42-136-146(125,126)127)81(122)98-56-38-91-85(109-77(118)52-30-16-5-17-31-52)105-69(56)102-73(114)48-22-8-1-9-23-48/h1-35,37-40,46-47,59-65,113H,36,41-45H2,(H,97,121)(H,98,122)(H,99,123)(H,100,124)(H,128,129)(H,130,131)(H,132,133)(H,134,135)(H2,89,94,95)(H2,125,126,127)(H3,88,90,101,108,117)(H2,91,102,105,109,114,118)(H2,92,103,106,110,115,119)(H2,93,104,107,111,116,120)/t59-,60+,61+,62+,63+,64+,65+/m0/s1. The zero-order chi connectivity index (χ0) is 107. The SMILES string of the molecule is Nc1nc(NC(=O)c2ccccc2)ncc1NC(=O)[C@@H](COP(=O)(O)O[C@H](COP(=O)(O)O[C@H](COP(=O)(O)O)C(=O)Nc1cnc(NC(=O)c2ccccc2)nc1NC(=O)c1ccccc1)C(=O)Nc1cnc(NC(=O)c2ccccc2)nc1NC(=O)c1ccccc1)OP(=O)(O)OC[C@@H](OP(=O)(O)OC[C@H]1O[C@@H](n2cnc3c(N)ncnc32)C[C@@H]1O)C(=O)Nc1cnc(NC(=O)c2ccccc2)nc1NC(=O)c1ccccc1. The van der Waals surface area contributed by atoms with E-state index in [1.54, 1.807) is 36.4 Å². The third-order valence-corrected chi connectivity index (χ3v) is 24.6. The average Bonchev–Trinajstić information content (AvgIpc) is 1.66. The second-order valence-corrected chi connectivity index (χ2v) is 37.7. The zero-order valence-electron chi connectivity index (χ0n) is 76.5. The molecule has 0 spiro atoms. The summed E-state index contributed by atoms with van der Waals surface area (Å²) in [6.07, 6.45) is -10.9. The normalized spacial score (nSPS) is 15.7. The number of imidazole rings is 1. The molecule has 22 N–H and O–H groups in total. The van der Waals surface area contributed by atoms with Gasteiger partial charge in [-0.1, -0.05) is 127 Å². The number of fused-ring (bicyclic) bond motifs is 1. The van der Waals surface area contributed by atoms with E-state index in [-0.39, 0.29) is 62.3 Å². The van der Waals surface area contributed by atoms with Gasteiger partial charge < -0.3 is 87.9 Å². The second-order valence-electron chi connectivity index (χ2n) is 30.8.